The Bertz CT molecular complexity index is 1160. The number of amides is 1. The topological polar surface area (TPSA) is 72.7 Å². The molecule has 0 spiro atoms. The van der Waals surface area contributed by atoms with E-state index in [0.29, 0.717) is 26.8 Å². The molecule has 1 aromatic carbocycles. The second-order valence-corrected chi connectivity index (χ2v) is 7.05. The van der Waals surface area contributed by atoms with Crippen LogP contribution < -0.4 is 5.32 Å². The Morgan fingerprint density at radius 2 is 1.93 bits per heavy atom. The quantitative estimate of drug-likeness (QED) is 0.483. The Labute approximate surface area is 168 Å². The monoisotopic (exact) mass is 439 g/mol. The summed E-state index contributed by atoms with van der Waals surface area (Å²) in [5.41, 5.74) is 2.49. The van der Waals surface area contributed by atoms with Gasteiger partial charge in [-0.25, -0.2) is 14.1 Å². The molecule has 0 radical (unpaired) electrons. The van der Waals surface area contributed by atoms with E-state index in [2.05, 4.69) is 36.3 Å². The average Bonchev–Trinajstić information content (AvgIpc) is 3.12. The second kappa shape index (κ2) is 7.47. The SMILES string of the molecule is C[C@H](NC(=O)c1cncc2c1cnn2-c1ccc(F)cc1)c1cccc(Br)n1. The number of nitrogens with zero attached hydrogens (tertiary/aromatic N) is 4. The lowest BCUT2D eigenvalue weighted by molar-refractivity contribution is 0.0940. The van der Waals surface area contributed by atoms with Crippen molar-refractivity contribution in [3.8, 4) is 5.69 Å². The zero-order chi connectivity index (χ0) is 19.7. The van der Waals surface area contributed by atoms with Crippen LogP contribution >= 0.6 is 15.9 Å². The number of hydrogen-bond donors (Lipinski definition) is 1. The molecule has 1 N–H and O–H groups in total. The lowest BCUT2D eigenvalue weighted by Crippen LogP contribution is -2.27. The van der Waals surface area contributed by atoms with Gasteiger partial charge in [-0.2, -0.15) is 5.10 Å². The molecule has 4 rings (SSSR count). The summed E-state index contributed by atoms with van der Waals surface area (Å²) in [6.45, 7) is 1.86. The summed E-state index contributed by atoms with van der Waals surface area (Å²) in [6, 6.07) is 11.2. The van der Waals surface area contributed by atoms with Crippen LogP contribution in [0.2, 0.25) is 0 Å². The highest BCUT2D eigenvalue weighted by molar-refractivity contribution is 9.10. The molecule has 28 heavy (non-hydrogen) atoms. The lowest BCUT2D eigenvalue weighted by atomic mass is 10.1. The fourth-order valence-electron chi connectivity index (χ4n) is 2.92. The molecule has 3 heterocycles. The number of hydrogen-bond acceptors (Lipinski definition) is 4. The van der Waals surface area contributed by atoms with E-state index in [4.69, 9.17) is 0 Å². The normalized spacial score (nSPS) is 12.1. The van der Waals surface area contributed by atoms with Gasteiger partial charge in [0.15, 0.2) is 0 Å². The molecule has 1 atom stereocenters. The fourth-order valence-corrected chi connectivity index (χ4v) is 3.28. The first-order valence-corrected chi connectivity index (χ1v) is 9.33. The number of halogens is 2. The Balaban J connectivity index is 1.65. The number of pyridine rings is 2. The first-order chi connectivity index (χ1) is 13.5. The molecule has 8 heteroatoms. The molecule has 0 saturated heterocycles. The van der Waals surface area contributed by atoms with Gasteiger partial charge in [0.05, 0.1) is 40.9 Å². The number of aromatic nitrogens is 4. The zero-order valence-electron chi connectivity index (χ0n) is 14.8. The highest BCUT2D eigenvalue weighted by atomic mass is 79.9. The van der Waals surface area contributed by atoms with Crippen molar-refractivity contribution < 1.29 is 9.18 Å². The van der Waals surface area contributed by atoms with Crippen LogP contribution in [0.25, 0.3) is 16.6 Å². The predicted molar refractivity (Wildman–Crippen MR) is 107 cm³/mol. The average molecular weight is 440 g/mol. The highest BCUT2D eigenvalue weighted by Gasteiger charge is 2.18. The molecule has 6 nitrogen and oxygen atoms in total. The predicted octanol–water partition coefficient (Wildman–Crippen LogP) is 4.21. The van der Waals surface area contributed by atoms with Gasteiger partial charge in [0.2, 0.25) is 0 Å². The fraction of sp³-hybridized carbons (Fsp3) is 0.100. The number of rotatable bonds is 4. The summed E-state index contributed by atoms with van der Waals surface area (Å²) < 4.78 is 15.5. The largest absolute Gasteiger partial charge is 0.344 e. The van der Waals surface area contributed by atoms with Crippen molar-refractivity contribution in [2.75, 3.05) is 0 Å². The van der Waals surface area contributed by atoms with Gasteiger partial charge in [-0.1, -0.05) is 6.07 Å². The van der Waals surface area contributed by atoms with E-state index in [-0.39, 0.29) is 17.8 Å². The Kier molecular flexibility index (Phi) is 4.87. The first-order valence-electron chi connectivity index (χ1n) is 8.54. The summed E-state index contributed by atoms with van der Waals surface area (Å²) >= 11 is 3.34. The van der Waals surface area contributed by atoms with Gasteiger partial charge >= 0.3 is 0 Å². The summed E-state index contributed by atoms with van der Waals surface area (Å²) in [4.78, 5) is 21.4. The number of benzene rings is 1. The van der Waals surface area contributed by atoms with Crippen LogP contribution in [0.5, 0.6) is 0 Å². The van der Waals surface area contributed by atoms with E-state index in [1.54, 1.807) is 29.2 Å². The number of fused-ring (bicyclic) bond motifs is 1. The van der Waals surface area contributed by atoms with Gasteiger partial charge in [0.25, 0.3) is 5.91 Å². The standard InChI is InChI=1S/C20H15BrFN5O/c1-12(17-3-2-4-19(21)26-17)25-20(28)16-9-23-11-18-15(16)10-24-27(18)14-7-5-13(22)6-8-14/h2-12H,1H3,(H,25,28)/t12-/m0/s1. The van der Waals surface area contributed by atoms with E-state index in [1.807, 2.05) is 25.1 Å². The van der Waals surface area contributed by atoms with Gasteiger partial charge < -0.3 is 5.32 Å². The molecular weight excluding hydrogens is 425 g/mol. The molecule has 0 aliphatic heterocycles. The Hall–Kier alpha value is -3.13. The van der Waals surface area contributed by atoms with Crippen molar-refractivity contribution in [2.24, 2.45) is 0 Å². The third kappa shape index (κ3) is 3.50. The minimum absolute atomic E-state index is 0.272. The van der Waals surface area contributed by atoms with Crippen LogP contribution in [0.4, 0.5) is 4.39 Å². The summed E-state index contributed by atoms with van der Waals surface area (Å²) in [5, 5.41) is 7.94. The van der Waals surface area contributed by atoms with E-state index in [9.17, 15) is 9.18 Å². The second-order valence-electron chi connectivity index (χ2n) is 6.23. The van der Waals surface area contributed by atoms with Crippen molar-refractivity contribution in [2.45, 2.75) is 13.0 Å². The molecule has 3 aromatic heterocycles. The number of carbonyl (C=O) groups excluding carboxylic acids is 1. The van der Waals surface area contributed by atoms with Crippen LogP contribution in [0.1, 0.15) is 29.0 Å². The van der Waals surface area contributed by atoms with E-state index < -0.39 is 0 Å². The molecule has 0 fully saturated rings. The third-order valence-corrected chi connectivity index (χ3v) is 4.78. The molecule has 1 amide bonds. The van der Waals surface area contributed by atoms with Gasteiger partial charge in [-0.3, -0.25) is 9.78 Å². The lowest BCUT2D eigenvalue weighted by Gasteiger charge is -2.14. The Morgan fingerprint density at radius 1 is 1.14 bits per heavy atom. The van der Waals surface area contributed by atoms with E-state index >= 15 is 0 Å². The summed E-state index contributed by atoms with van der Waals surface area (Å²) in [5.74, 6) is -0.598. The van der Waals surface area contributed by atoms with Crippen molar-refractivity contribution >= 4 is 32.7 Å². The van der Waals surface area contributed by atoms with Crippen LogP contribution in [0, 0.1) is 5.82 Å². The minimum Gasteiger partial charge on any atom is -0.344 e. The van der Waals surface area contributed by atoms with Gasteiger partial charge in [-0.15, -0.1) is 0 Å². The molecule has 0 saturated carbocycles. The summed E-state index contributed by atoms with van der Waals surface area (Å²) in [7, 11) is 0. The molecular formula is C20H15BrFN5O. The molecule has 0 aliphatic carbocycles. The molecule has 0 bridgehead atoms. The number of nitrogens with one attached hydrogen (secondary N) is 1. The third-order valence-electron chi connectivity index (χ3n) is 4.34. The maximum atomic E-state index is 13.2. The van der Waals surface area contributed by atoms with Gasteiger partial charge in [0.1, 0.15) is 10.4 Å². The highest BCUT2D eigenvalue weighted by Crippen LogP contribution is 2.22. The summed E-state index contributed by atoms with van der Waals surface area (Å²) in [6.07, 6.45) is 4.74. The van der Waals surface area contributed by atoms with E-state index in [0.717, 1.165) is 5.69 Å². The zero-order valence-corrected chi connectivity index (χ0v) is 16.4. The Morgan fingerprint density at radius 3 is 2.68 bits per heavy atom. The van der Waals surface area contributed by atoms with Crippen LogP contribution in [-0.2, 0) is 0 Å². The minimum atomic E-state index is -0.325. The molecule has 0 aliphatic rings. The van der Waals surface area contributed by atoms with Gasteiger partial charge in [-0.05, 0) is 59.3 Å². The maximum Gasteiger partial charge on any atom is 0.254 e. The first kappa shape index (κ1) is 18.2. The van der Waals surface area contributed by atoms with Crippen LogP contribution in [0.3, 0.4) is 0 Å². The van der Waals surface area contributed by atoms with Crippen molar-refractivity contribution in [3.63, 3.8) is 0 Å². The molecule has 4 aromatic rings. The smallest absolute Gasteiger partial charge is 0.254 e. The van der Waals surface area contributed by atoms with Crippen molar-refractivity contribution in [3.05, 3.63) is 82.7 Å². The van der Waals surface area contributed by atoms with Crippen molar-refractivity contribution in [1.82, 2.24) is 25.1 Å². The molecule has 140 valence electrons. The molecule has 0 unspecified atom stereocenters. The van der Waals surface area contributed by atoms with Gasteiger partial charge in [0, 0.05) is 11.6 Å². The van der Waals surface area contributed by atoms with Crippen LogP contribution in [0.15, 0.2) is 65.7 Å². The maximum absolute atomic E-state index is 13.2. The number of carbonyl (C=O) groups is 1. The van der Waals surface area contributed by atoms with Crippen LogP contribution in [-0.4, -0.2) is 25.7 Å². The van der Waals surface area contributed by atoms with E-state index in [1.165, 1.54) is 18.3 Å². The van der Waals surface area contributed by atoms with Crippen molar-refractivity contribution in [1.29, 1.82) is 0 Å².